The van der Waals surface area contributed by atoms with Crippen LogP contribution in [0, 0.1) is 11.7 Å². The number of hydrogen-bond acceptors (Lipinski definition) is 6. The van der Waals surface area contributed by atoms with Crippen molar-refractivity contribution in [3.8, 4) is 5.75 Å². The Morgan fingerprint density at radius 1 is 1.29 bits per heavy atom. The molecular formula is C25H30FN3O5S. The standard InChI is InChI=1S/C25H30FN3O5S/c1-2-29-10-8-18(13-29)27-9-7-15-11-17(26)3-6-22(15)35(32,33)28-21-5-4-19-20-12-16(20)14-34-24(19)23(21)25(30)31/h3-6,11,16,18,20,27-28H,2,7-10,12-14H2,1H3,(H,30,31). The predicted molar refractivity (Wildman–Crippen MR) is 129 cm³/mol. The van der Waals surface area contributed by atoms with Crippen LogP contribution in [0.25, 0.3) is 0 Å². The topological polar surface area (TPSA) is 108 Å². The molecule has 188 valence electrons. The number of likely N-dealkylation sites (N-methyl/N-ethyl adjacent to an activating group) is 1. The number of fused-ring (bicyclic) bond motifs is 3. The molecule has 10 heteroatoms. The lowest BCUT2D eigenvalue weighted by Crippen LogP contribution is -2.34. The van der Waals surface area contributed by atoms with Gasteiger partial charge in [-0.1, -0.05) is 13.0 Å². The zero-order chi connectivity index (χ0) is 24.7. The van der Waals surface area contributed by atoms with E-state index < -0.39 is 21.8 Å². The molecule has 0 radical (unpaired) electrons. The smallest absolute Gasteiger partial charge is 0.341 e. The molecule has 2 aliphatic heterocycles. The fourth-order valence-corrected chi connectivity index (χ4v) is 6.57. The number of aromatic carboxylic acids is 1. The summed E-state index contributed by atoms with van der Waals surface area (Å²) in [5.41, 5.74) is 0.892. The van der Waals surface area contributed by atoms with E-state index in [-0.39, 0.29) is 27.8 Å². The molecule has 2 aromatic rings. The Morgan fingerprint density at radius 2 is 2.11 bits per heavy atom. The van der Waals surface area contributed by atoms with Crippen molar-refractivity contribution in [3.05, 3.63) is 52.8 Å². The predicted octanol–water partition coefficient (Wildman–Crippen LogP) is 3.05. The van der Waals surface area contributed by atoms with E-state index in [0.29, 0.717) is 37.1 Å². The Kier molecular flexibility index (Phi) is 6.45. The number of carboxylic acids is 1. The largest absolute Gasteiger partial charge is 0.492 e. The summed E-state index contributed by atoms with van der Waals surface area (Å²) in [7, 11) is -4.18. The van der Waals surface area contributed by atoms with Crippen LogP contribution in [0.1, 0.15) is 47.2 Å². The number of anilines is 1. The third-order valence-corrected chi connectivity index (χ3v) is 8.74. The first-order valence-corrected chi connectivity index (χ1v) is 13.5. The maximum atomic E-state index is 14.1. The van der Waals surface area contributed by atoms with Crippen LogP contribution in [0.2, 0.25) is 0 Å². The summed E-state index contributed by atoms with van der Waals surface area (Å²) >= 11 is 0. The van der Waals surface area contributed by atoms with Crippen LogP contribution < -0.4 is 14.8 Å². The van der Waals surface area contributed by atoms with E-state index in [2.05, 4.69) is 21.9 Å². The number of nitrogens with one attached hydrogen (secondary N) is 2. The molecule has 0 bridgehead atoms. The minimum atomic E-state index is -4.18. The van der Waals surface area contributed by atoms with Crippen LogP contribution in [0.5, 0.6) is 5.75 Å². The van der Waals surface area contributed by atoms with Crippen LogP contribution in [0.15, 0.2) is 35.2 Å². The van der Waals surface area contributed by atoms with Crippen molar-refractivity contribution >= 4 is 21.7 Å². The summed E-state index contributed by atoms with van der Waals surface area (Å²) in [4.78, 5) is 14.4. The molecule has 8 nitrogen and oxygen atoms in total. The molecule has 3 atom stereocenters. The van der Waals surface area contributed by atoms with Gasteiger partial charge in [-0.2, -0.15) is 0 Å². The van der Waals surface area contributed by atoms with Crippen molar-refractivity contribution in [2.24, 2.45) is 5.92 Å². The quantitative estimate of drug-likeness (QED) is 0.483. The second-order valence-electron chi connectivity index (χ2n) is 9.57. The van der Waals surface area contributed by atoms with E-state index in [9.17, 15) is 22.7 Å². The van der Waals surface area contributed by atoms with Gasteiger partial charge in [-0.15, -0.1) is 0 Å². The van der Waals surface area contributed by atoms with Gasteiger partial charge in [0.1, 0.15) is 17.1 Å². The lowest BCUT2D eigenvalue weighted by Gasteiger charge is -2.21. The van der Waals surface area contributed by atoms with Gasteiger partial charge in [0.15, 0.2) is 0 Å². The lowest BCUT2D eigenvalue weighted by molar-refractivity contribution is 0.0692. The van der Waals surface area contributed by atoms with Crippen molar-refractivity contribution in [2.45, 2.75) is 43.0 Å². The molecule has 2 fully saturated rings. The Morgan fingerprint density at radius 3 is 2.86 bits per heavy atom. The second kappa shape index (κ2) is 9.40. The van der Waals surface area contributed by atoms with Crippen LogP contribution in [-0.4, -0.2) is 63.2 Å². The van der Waals surface area contributed by atoms with Crippen LogP contribution >= 0.6 is 0 Å². The van der Waals surface area contributed by atoms with Gasteiger partial charge in [-0.3, -0.25) is 4.72 Å². The average molecular weight is 504 g/mol. The maximum Gasteiger partial charge on any atom is 0.341 e. The number of halogens is 1. The number of benzene rings is 2. The van der Waals surface area contributed by atoms with Crippen molar-refractivity contribution in [1.29, 1.82) is 0 Å². The lowest BCUT2D eigenvalue weighted by atomic mass is 10.0. The van der Waals surface area contributed by atoms with Gasteiger partial charge in [-0.25, -0.2) is 17.6 Å². The van der Waals surface area contributed by atoms with Crippen molar-refractivity contribution in [1.82, 2.24) is 10.2 Å². The third-order valence-electron chi connectivity index (χ3n) is 7.27. The number of carbonyl (C=O) groups is 1. The van der Waals surface area contributed by atoms with Crippen LogP contribution in [-0.2, 0) is 16.4 Å². The van der Waals surface area contributed by atoms with E-state index in [1.807, 2.05) is 0 Å². The van der Waals surface area contributed by atoms with Crippen LogP contribution in [0.3, 0.4) is 0 Å². The minimum absolute atomic E-state index is 0.0608. The van der Waals surface area contributed by atoms with Gasteiger partial charge in [0.05, 0.1) is 17.2 Å². The molecule has 1 saturated carbocycles. The number of nitrogens with zero attached hydrogens (tertiary/aromatic N) is 1. The number of rotatable bonds is 9. The molecule has 0 amide bonds. The summed E-state index contributed by atoms with van der Waals surface area (Å²) in [6.45, 7) is 6.00. The van der Waals surface area contributed by atoms with Crippen molar-refractivity contribution in [3.63, 3.8) is 0 Å². The molecule has 0 spiro atoms. The molecule has 35 heavy (non-hydrogen) atoms. The molecule has 1 saturated heterocycles. The highest BCUT2D eigenvalue weighted by atomic mass is 32.2. The molecular weight excluding hydrogens is 473 g/mol. The van der Waals surface area contributed by atoms with E-state index >= 15 is 0 Å². The van der Waals surface area contributed by atoms with E-state index in [4.69, 9.17) is 4.74 Å². The number of sulfonamides is 1. The van der Waals surface area contributed by atoms with Crippen molar-refractivity contribution < 1.29 is 27.4 Å². The molecule has 0 aromatic heterocycles. The molecule has 3 N–H and O–H groups in total. The highest BCUT2D eigenvalue weighted by Crippen LogP contribution is 2.55. The Bertz CT molecular complexity index is 1250. The van der Waals surface area contributed by atoms with Gasteiger partial charge >= 0.3 is 5.97 Å². The minimum Gasteiger partial charge on any atom is -0.492 e. The first-order chi connectivity index (χ1) is 16.8. The summed E-state index contributed by atoms with van der Waals surface area (Å²) in [5, 5.41) is 13.3. The second-order valence-corrected chi connectivity index (χ2v) is 11.2. The van der Waals surface area contributed by atoms with E-state index in [1.54, 1.807) is 6.07 Å². The zero-order valence-electron chi connectivity index (χ0n) is 19.6. The Hall–Kier alpha value is -2.69. The Balaban J connectivity index is 1.37. The molecule has 3 aliphatic rings. The van der Waals surface area contributed by atoms with Gasteiger partial charge in [0.2, 0.25) is 0 Å². The van der Waals surface area contributed by atoms with Gasteiger partial charge in [-0.05, 0) is 80.2 Å². The first-order valence-electron chi connectivity index (χ1n) is 12.1. The first kappa shape index (κ1) is 24.0. The molecule has 1 aliphatic carbocycles. The van der Waals surface area contributed by atoms with Crippen LogP contribution in [0.4, 0.5) is 10.1 Å². The number of carboxylic acid groups (broad SMARTS) is 1. The van der Waals surface area contributed by atoms with E-state index in [0.717, 1.165) is 44.1 Å². The number of ether oxygens (including phenoxy) is 1. The van der Waals surface area contributed by atoms with Gasteiger partial charge in [0.25, 0.3) is 10.0 Å². The maximum absolute atomic E-state index is 14.1. The normalized spacial score (nSPS) is 23.3. The van der Waals surface area contributed by atoms with Crippen molar-refractivity contribution in [2.75, 3.05) is 37.5 Å². The molecule has 2 aromatic carbocycles. The zero-order valence-corrected chi connectivity index (χ0v) is 20.4. The third kappa shape index (κ3) is 4.87. The average Bonchev–Trinajstić information content (AvgIpc) is 3.47. The fraction of sp³-hybridized carbons (Fsp3) is 0.480. The summed E-state index contributed by atoms with van der Waals surface area (Å²) in [6, 6.07) is 7.09. The highest BCUT2D eigenvalue weighted by molar-refractivity contribution is 7.92. The highest BCUT2D eigenvalue weighted by Gasteiger charge is 2.45. The summed E-state index contributed by atoms with van der Waals surface area (Å²) in [5.74, 6) is -0.888. The van der Waals surface area contributed by atoms with E-state index in [1.165, 1.54) is 18.2 Å². The SMILES string of the molecule is CCN1CCC(NCCc2cc(F)ccc2S(=O)(=O)Nc2ccc3c(c2C(=O)O)OCC2CC32)C1. The molecule has 2 heterocycles. The molecule has 5 rings (SSSR count). The number of likely N-dealkylation sites (tertiary alicyclic amines) is 1. The summed E-state index contributed by atoms with van der Waals surface area (Å²) in [6.07, 6.45) is 2.28. The summed E-state index contributed by atoms with van der Waals surface area (Å²) < 4.78 is 48.9. The molecule has 3 unspecified atom stereocenters. The fourth-order valence-electron chi connectivity index (χ4n) is 5.25. The van der Waals surface area contributed by atoms with Gasteiger partial charge in [0, 0.05) is 18.5 Å². The number of hydrogen-bond donors (Lipinski definition) is 3. The monoisotopic (exact) mass is 503 g/mol. The Labute approximate surface area is 204 Å². The van der Waals surface area contributed by atoms with Gasteiger partial charge < -0.3 is 20.1 Å².